The number of morpholine rings is 1. The van der Waals surface area contributed by atoms with Crippen molar-refractivity contribution in [2.24, 2.45) is 4.99 Å². The van der Waals surface area contributed by atoms with Crippen LogP contribution >= 0.6 is 0 Å². The molecule has 2 fully saturated rings. The normalized spacial score (nSPS) is 30.3. The zero-order valence-corrected chi connectivity index (χ0v) is 17.1. The van der Waals surface area contributed by atoms with E-state index in [9.17, 15) is 8.42 Å². The third kappa shape index (κ3) is 5.31. The molecule has 25 heavy (non-hydrogen) atoms. The van der Waals surface area contributed by atoms with E-state index in [0.717, 1.165) is 38.6 Å². The Hall–Kier alpha value is -0.860. The molecule has 2 atom stereocenters. The maximum absolute atomic E-state index is 12.1. The van der Waals surface area contributed by atoms with Gasteiger partial charge in [0.15, 0.2) is 15.8 Å². The molecule has 2 heterocycles. The zero-order chi connectivity index (χ0) is 18.7. The highest BCUT2D eigenvalue weighted by molar-refractivity contribution is 7.92. The van der Waals surface area contributed by atoms with Gasteiger partial charge in [-0.05, 0) is 34.1 Å². The highest BCUT2D eigenvalue weighted by Gasteiger charge is 2.40. The number of hydrogen-bond donors (Lipinski definition) is 1. The van der Waals surface area contributed by atoms with Crippen molar-refractivity contribution >= 4 is 15.8 Å². The van der Waals surface area contributed by atoms with Crippen molar-refractivity contribution in [1.29, 1.82) is 0 Å². The average molecular weight is 375 g/mol. The lowest BCUT2D eigenvalue weighted by Crippen LogP contribution is -2.57. The zero-order valence-electron chi connectivity index (χ0n) is 16.3. The quantitative estimate of drug-likeness (QED) is 0.441. The Labute approximate surface area is 152 Å². The molecule has 1 N–H and O–H groups in total. The highest BCUT2D eigenvalue weighted by atomic mass is 32.2. The molecule has 0 amide bonds. The Kier molecular flexibility index (Phi) is 6.73. The van der Waals surface area contributed by atoms with Crippen LogP contribution in [0.25, 0.3) is 0 Å². The van der Waals surface area contributed by atoms with Gasteiger partial charge in [0, 0.05) is 46.3 Å². The standard InChI is InChI=1S/C17H34N4O3S/c1-14-11-20(12-15(2)24-14)8-6-7-19-16(18-5)21-9-10-25(22,23)17(3,4)13-21/h14-15H,6-13H2,1-5H3,(H,18,19). The second kappa shape index (κ2) is 8.22. The lowest BCUT2D eigenvalue weighted by atomic mass is 10.2. The van der Waals surface area contributed by atoms with E-state index in [0.29, 0.717) is 25.3 Å². The van der Waals surface area contributed by atoms with Crippen molar-refractivity contribution < 1.29 is 13.2 Å². The molecule has 2 unspecified atom stereocenters. The van der Waals surface area contributed by atoms with Gasteiger partial charge < -0.3 is 15.0 Å². The number of nitrogens with one attached hydrogen (secondary N) is 1. The lowest BCUT2D eigenvalue weighted by molar-refractivity contribution is -0.0679. The summed E-state index contributed by atoms with van der Waals surface area (Å²) in [6.45, 7) is 12.6. The third-order valence-electron chi connectivity index (χ3n) is 4.98. The Morgan fingerprint density at radius 1 is 1.28 bits per heavy atom. The van der Waals surface area contributed by atoms with E-state index in [1.165, 1.54) is 0 Å². The molecule has 0 aromatic rings. The van der Waals surface area contributed by atoms with Crippen LogP contribution in [-0.2, 0) is 14.6 Å². The predicted molar refractivity (Wildman–Crippen MR) is 102 cm³/mol. The first-order chi connectivity index (χ1) is 11.6. The van der Waals surface area contributed by atoms with Crippen LogP contribution in [0.3, 0.4) is 0 Å². The largest absolute Gasteiger partial charge is 0.373 e. The Morgan fingerprint density at radius 3 is 2.48 bits per heavy atom. The summed E-state index contributed by atoms with van der Waals surface area (Å²) in [5.74, 6) is 0.983. The van der Waals surface area contributed by atoms with E-state index in [-0.39, 0.29) is 5.75 Å². The third-order valence-corrected chi connectivity index (χ3v) is 7.52. The van der Waals surface area contributed by atoms with E-state index in [2.05, 4.69) is 34.0 Å². The summed E-state index contributed by atoms with van der Waals surface area (Å²) in [5.41, 5.74) is 0. The van der Waals surface area contributed by atoms with Crippen LogP contribution in [0.2, 0.25) is 0 Å². The first-order valence-corrected chi connectivity index (χ1v) is 10.9. The van der Waals surface area contributed by atoms with Crippen molar-refractivity contribution in [2.45, 2.75) is 51.1 Å². The van der Waals surface area contributed by atoms with Gasteiger partial charge in [-0.2, -0.15) is 0 Å². The number of sulfone groups is 1. The fraction of sp³-hybridized carbons (Fsp3) is 0.941. The van der Waals surface area contributed by atoms with Gasteiger partial charge in [0.1, 0.15) is 0 Å². The molecule has 0 aliphatic carbocycles. The number of aliphatic imine (C=N–C) groups is 1. The summed E-state index contributed by atoms with van der Waals surface area (Å²) in [5, 5.41) is 3.39. The number of hydrogen-bond acceptors (Lipinski definition) is 5. The van der Waals surface area contributed by atoms with Crippen LogP contribution < -0.4 is 5.32 Å². The van der Waals surface area contributed by atoms with Gasteiger partial charge in [-0.15, -0.1) is 0 Å². The van der Waals surface area contributed by atoms with E-state index in [1.807, 2.05) is 0 Å². The molecule has 2 rings (SSSR count). The summed E-state index contributed by atoms with van der Waals surface area (Å²) in [6.07, 6.45) is 1.61. The summed E-state index contributed by atoms with van der Waals surface area (Å²) in [6, 6.07) is 0. The minimum absolute atomic E-state index is 0.185. The summed E-state index contributed by atoms with van der Waals surface area (Å²) in [4.78, 5) is 8.84. The molecule has 2 saturated heterocycles. The molecule has 2 aliphatic rings. The van der Waals surface area contributed by atoms with Crippen molar-refractivity contribution in [2.75, 3.05) is 52.1 Å². The SMILES string of the molecule is CN=C(NCCCN1CC(C)OC(C)C1)N1CCS(=O)(=O)C(C)(C)C1. The van der Waals surface area contributed by atoms with Crippen LogP contribution in [0.5, 0.6) is 0 Å². The lowest BCUT2D eigenvalue weighted by Gasteiger charge is -2.39. The first-order valence-electron chi connectivity index (χ1n) is 9.20. The van der Waals surface area contributed by atoms with Crippen LogP contribution in [-0.4, -0.2) is 93.2 Å². The molecule has 0 saturated carbocycles. The van der Waals surface area contributed by atoms with Crippen LogP contribution in [0.4, 0.5) is 0 Å². The molecule has 0 radical (unpaired) electrons. The molecule has 8 heteroatoms. The van der Waals surface area contributed by atoms with Gasteiger partial charge >= 0.3 is 0 Å². The second-order valence-electron chi connectivity index (χ2n) is 7.84. The van der Waals surface area contributed by atoms with E-state index < -0.39 is 14.6 Å². The number of ether oxygens (including phenoxy) is 1. The molecule has 2 aliphatic heterocycles. The minimum atomic E-state index is -3.03. The van der Waals surface area contributed by atoms with Gasteiger partial charge in [0.25, 0.3) is 0 Å². The van der Waals surface area contributed by atoms with Crippen molar-refractivity contribution in [3.8, 4) is 0 Å². The van der Waals surface area contributed by atoms with Crippen molar-refractivity contribution in [1.82, 2.24) is 15.1 Å². The summed E-state index contributed by atoms with van der Waals surface area (Å²) in [7, 11) is -1.28. The molecule has 0 bridgehead atoms. The van der Waals surface area contributed by atoms with Crippen LogP contribution in [0, 0.1) is 0 Å². The van der Waals surface area contributed by atoms with E-state index in [1.54, 1.807) is 20.9 Å². The molecule has 0 aromatic carbocycles. The first kappa shape index (κ1) is 20.5. The number of guanidine groups is 1. The molecule has 0 spiro atoms. The Balaban J connectivity index is 1.78. The van der Waals surface area contributed by atoms with Crippen LogP contribution in [0.1, 0.15) is 34.1 Å². The monoisotopic (exact) mass is 374 g/mol. The summed E-state index contributed by atoms with van der Waals surface area (Å²) >= 11 is 0. The maximum Gasteiger partial charge on any atom is 0.193 e. The van der Waals surface area contributed by atoms with Crippen molar-refractivity contribution in [3.63, 3.8) is 0 Å². The predicted octanol–water partition coefficient (Wildman–Crippen LogP) is 0.570. The summed E-state index contributed by atoms with van der Waals surface area (Å²) < 4.78 is 29.3. The Bertz CT molecular complexity index is 566. The van der Waals surface area contributed by atoms with Crippen molar-refractivity contribution in [3.05, 3.63) is 0 Å². The molecular formula is C17H34N4O3S. The van der Waals surface area contributed by atoms with Gasteiger partial charge in [0.2, 0.25) is 0 Å². The number of nitrogens with zero attached hydrogens (tertiary/aromatic N) is 3. The topological polar surface area (TPSA) is 74.2 Å². The average Bonchev–Trinajstić information content (AvgIpc) is 2.49. The highest BCUT2D eigenvalue weighted by Crippen LogP contribution is 2.23. The minimum Gasteiger partial charge on any atom is -0.373 e. The fourth-order valence-electron chi connectivity index (χ4n) is 3.63. The maximum atomic E-state index is 12.1. The second-order valence-corrected chi connectivity index (χ2v) is 10.6. The molecular weight excluding hydrogens is 340 g/mol. The van der Waals surface area contributed by atoms with E-state index >= 15 is 0 Å². The molecule has 0 aromatic heterocycles. The van der Waals surface area contributed by atoms with Gasteiger partial charge in [-0.25, -0.2) is 8.42 Å². The fourth-order valence-corrected chi connectivity index (χ4v) is 4.99. The van der Waals surface area contributed by atoms with Gasteiger partial charge in [-0.3, -0.25) is 9.89 Å². The smallest absolute Gasteiger partial charge is 0.193 e. The Morgan fingerprint density at radius 2 is 1.92 bits per heavy atom. The van der Waals surface area contributed by atoms with Crippen LogP contribution in [0.15, 0.2) is 4.99 Å². The number of rotatable bonds is 4. The molecule has 7 nitrogen and oxygen atoms in total. The molecule has 146 valence electrons. The van der Waals surface area contributed by atoms with Gasteiger partial charge in [-0.1, -0.05) is 0 Å². The van der Waals surface area contributed by atoms with E-state index in [4.69, 9.17) is 4.74 Å². The van der Waals surface area contributed by atoms with Gasteiger partial charge in [0.05, 0.1) is 22.7 Å².